The first-order chi connectivity index (χ1) is 11.0. The maximum Gasteiger partial charge on any atom is 0.244 e. The van der Waals surface area contributed by atoms with Gasteiger partial charge in [-0.15, -0.1) is 0 Å². The number of carbonyl (C=O) groups excluding carboxylic acids is 3. The molecule has 3 amide bonds. The fraction of sp³-hybridized carbons (Fsp3) is 0.471. The van der Waals surface area contributed by atoms with Gasteiger partial charge in [0.1, 0.15) is 12.4 Å². The quantitative estimate of drug-likeness (QED) is 0.865. The summed E-state index contributed by atoms with van der Waals surface area (Å²) in [7, 11) is 0. The van der Waals surface area contributed by atoms with Gasteiger partial charge >= 0.3 is 0 Å². The molecular formula is C17H17FN2O3. The summed E-state index contributed by atoms with van der Waals surface area (Å²) in [5.74, 6) is -1.01. The van der Waals surface area contributed by atoms with Crippen LogP contribution < -0.4 is 5.32 Å². The zero-order valence-corrected chi connectivity index (χ0v) is 12.5. The van der Waals surface area contributed by atoms with Crippen LogP contribution in [-0.2, 0) is 14.4 Å². The van der Waals surface area contributed by atoms with Crippen LogP contribution >= 0.6 is 0 Å². The fourth-order valence-corrected chi connectivity index (χ4v) is 4.50. The van der Waals surface area contributed by atoms with E-state index < -0.39 is 11.7 Å². The van der Waals surface area contributed by atoms with Gasteiger partial charge in [0.05, 0.1) is 11.8 Å². The highest BCUT2D eigenvalue weighted by Gasteiger charge is 2.60. The standard InChI is InChI=1S/C17H17FN2O3/c18-11-3-5-12(6-4-11)19-13(21)8-20-16(22)14-9-1-2-10(7-9)15(14)17(20)23/h3-6,9-10,14-15H,1-2,7-8H2,(H,19,21)/t9-,10+,14+,15-. The van der Waals surface area contributed by atoms with Gasteiger partial charge in [-0.2, -0.15) is 0 Å². The monoisotopic (exact) mass is 316 g/mol. The highest BCUT2D eigenvalue weighted by molar-refractivity contribution is 6.09. The second kappa shape index (κ2) is 5.15. The number of fused-ring (bicyclic) bond motifs is 5. The van der Waals surface area contributed by atoms with Gasteiger partial charge in [-0.25, -0.2) is 4.39 Å². The Bertz CT molecular complexity index is 660. The van der Waals surface area contributed by atoms with E-state index in [1.54, 1.807) is 0 Å². The second-order valence-electron chi connectivity index (χ2n) is 6.70. The van der Waals surface area contributed by atoms with Crippen molar-refractivity contribution in [3.63, 3.8) is 0 Å². The molecule has 2 aliphatic carbocycles. The van der Waals surface area contributed by atoms with E-state index in [-0.39, 0.29) is 30.2 Å². The summed E-state index contributed by atoms with van der Waals surface area (Å²) in [6.45, 7) is -0.262. The van der Waals surface area contributed by atoms with Gasteiger partial charge in [0.15, 0.2) is 0 Å². The van der Waals surface area contributed by atoms with Crippen molar-refractivity contribution in [1.82, 2.24) is 4.90 Å². The Morgan fingerprint density at radius 1 is 1.09 bits per heavy atom. The number of anilines is 1. The third kappa shape index (κ3) is 2.24. The molecule has 1 aromatic rings. The van der Waals surface area contributed by atoms with E-state index in [2.05, 4.69) is 5.32 Å². The average molecular weight is 316 g/mol. The first-order valence-corrected chi connectivity index (χ1v) is 7.95. The summed E-state index contributed by atoms with van der Waals surface area (Å²) in [4.78, 5) is 38.2. The molecule has 6 heteroatoms. The molecule has 0 aromatic heterocycles. The lowest BCUT2D eigenvalue weighted by Crippen LogP contribution is -2.39. The Morgan fingerprint density at radius 2 is 1.65 bits per heavy atom. The van der Waals surface area contributed by atoms with E-state index in [0.717, 1.165) is 24.2 Å². The van der Waals surface area contributed by atoms with Gasteiger partial charge < -0.3 is 5.32 Å². The van der Waals surface area contributed by atoms with Crippen molar-refractivity contribution in [1.29, 1.82) is 0 Å². The van der Waals surface area contributed by atoms with Gasteiger partial charge in [-0.05, 0) is 55.4 Å². The lowest BCUT2D eigenvalue weighted by atomic mass is 9.81. The minimum atomic E-state index is -0.439. The molecule has 3 fully saturated rings. The number of rotatable bonds is 3. The topological polar surface area (TPSA) is 66.5 Å². The molecule has 2 saturated carbocycles. The Hall–Kier alpha value is -2.24. The average Bonchev–Trinajstić information content (AvgIpc) is 3.19. The molecule has 3 aliphatic rings. The van der Waals surface area contributed by atoms with Crippen LogP contribution in [0.5, 0.6) is 0 Å². The van der Waals surface area contributed by atoms with Crippen LogP contribution in [-0.4, -0.2) is 29.2 Å². The molecule has 4 atom stereocenters. The zero-order valence-electron chi connectivity index (χ0n) is 12.5. The predicted molar refractivity (Wildman–Crippen MR) is 79.6 cm³/mol. The fourth-order valence-electron chi connectivity index (χ4n) is 4.50. The normalized spacial score (nSPS) is 31.6. The largest absolute Gasteiger partial charge is 0.325 e. The number of hydrogen-bond donors (Lipinski definition) is 1. The summed E-state index contributed by atoms with van der Waals surface area (Å²) >= 11 is 0. The maximum absolute atomic E-state index is 12.9. The number of carbonyl (C=O) groups is 3. The summed E-state index contributed by atoms with van der Waals surface area (Å²) in [5.41, 5.74) is 0.441. The molecule has 0 spiro atoms. The Kier molecular flexibility index (Phi) is 3.21. The van der Waals surface area contributed by atoms with Crippen molar-refractivity contribution >= 4 is 23.4 Å². The molecule has 5 nitrogen and oxygen atoms in total. The van der Waals surface area contributed by atoms with Crippen LogP contribution in [0.3, 0.4) is 0 Å². The molecule has 2 bridgehead atoms. The molecule has 120 valence electrons. The molecule has 1 N–H and O–H groups in total. The second-order valence-corrected chi connectivity index (χ2v) is 6.70. The zero-order chi connectivity index (χ0) is 16.1. The van der Waals surface area contributed by atoms with E-state index in [0.29, 0.717) is 17.5 Å². The Balaban J connectivity index is 1.44. The van der Waals surface area contributed by atoms with Crippen LogP contribution in [0.4, 0.5) is 10.1 Å². The minimum absolute atomic E-state index is 0.193. The maximum atomic E-state index is 12.9. The van der Waals surface area contributed by atoms with Gasteiger partial charge in [-0.3, -0.25) is 19.3 Å². The first kappa shape index (κ1) is 14.4. The van der Waals surface area contributed by atoms with Crippen LogP contribution in [0.1, 0.15) is 19.3 Å². The van der Waals surface area contributed by atoms with E-state index >= 15 is 0 Å². The molecule has 1 heterocycles. The van der Waals surface area contributed by atoms with E-state index in [1.165, 1.54) is 24.3 Å². The van der Waals surface area contributed by atoms with Crippen LogP contribution in [0.2, 0.25) is 0 Å². The molecule has 1 aliphatic heterocycles. The highest BCUT2D eigenvalue weighted by Crippen LogP contribution is 2.56. The number of hydrogen-bond acceptors (Lipinski definition) is 3. The van der Waals surface area contributed by atoms with E-state index in [9.17, 15) is 18.8 Å². The smallest absolute Gasteiger partial charge is 0.244 e. The summed E-state index contributed by atoms with van der Waals surface area (Å²) in [5, 5.41) is 2.59. The SMILES string of the molecule is O=C(CN1C(=O)[C@@H]2[C@H]3CC[C@H](C3)[C@@H]2C1=O)Nc1ccc(F)cc1. The van der Waals surface area contributed by atoms with Gasteiger partial charge in [-0.1, -0.05) is 0 Å². The van der Waals surface area contributed by atoms with Crippen molar-refractivity contribution < 1.29 is 18.8 Å². The molecule has 4 rings (SSSR count). The summed E-state index contributed by atoms with van der Waals surface area (Å²) < 4.78 is 12.9. The number of imide groups is 1. The van der Waals surface area contributed by atoms with Crippen molar-refractivity contribution in [2.75, 3.05) is 11.9 Å². The molecule has 23 heavy (non-hydrogen) atoms. The number of nitrogens with one attached hydrogen (secondary N) is 1. The van der Waals surface area contributed by atoms with Crippen molar-refractivity contribution in [2.45, 2.75) is 19.3 Å². The molecule has 1 saturated heterocycles. The Morgan fingerprint density at radius 3 is 2.22 bits per heavy atom. The van der Waals surface area contributed by atoms with E-state index in [4.69, 9.17) is 0 Å². The predicted octanol–water partition coefficient (Wildman–Crippen LogP) is 1.80. The lowest BCUT2D eigenvalue weighted by molar-refractivity contribution is -0.143. The minimum Gasteiger partial charge on any atom is -0.325 e. The van der Waals surface area contributed by atoms with Crippen LogP contribution in [0.25, 0.3) is 0 Å². The molecule has 0 unspecified atom stereocenters. The molecule has 0 radical (unpaired) electrons. The Labute approximate surface area is 132 Å². The number of halogens is 1. The van der Waals surface area contributed by atoms with Gasteiger partial charge in [0.25, 0.3) is 0 Å². The number of likely N-dealkylation sites (tertiary alicyclic amines) is 1. The number of benzene rings is 1. The first-order valence-electron chi connectivity index (χ1n) is 7.95. The van der Waals surface area contributed by atoms with Crippen LogP contribution in [0.15, 0.2) is 24.3 Å². The van der Waals surface area contributed by atoms with Gasteiger partial charge in [0, 0.05) is 5.69 Å². The van der Waals surface area contributed by atoms with Crippen molar-refractivity contribution in [3.8, 4) is 0 Å². The summed E-state index contributed by atoms with van der Waals surface area (Å²) in [6, 6.07) is 5.36. The van der Waals surface area contributed by atoms with Crippen LogP contribution in [0, 0.1) is 29.5 Å². The van der Waals surface area contributed by atoms with Gasteiger partial charge in [0.2, 0.25) is 17.7 Å². The third-order valence-corrected chi connectivity index (χ3v) is 5.45. The van der Waals surface area contributed by atoms with E-state index in [1.807, 2.05) is 0 Å². The van der Waals surface area contributed by atoms with Crippen molar-refractivity contribution in [3.05, 3.63) is 30.1 Å². The molecule has 1 aromatic carbocycles. The van der Waals surface area contributed by atoms with Crippen molar-refractivity contribution in [2.24, 2.45) is 23.7 Å². The highest BCUT2D eigenvalue weighted by atomic mass is 19.1. The summed E-state index contributed by atoms with van der Waals surface area (Å²) in [6.07, 6.45) is 3.00. The number of amides is 3. The molecular weight excluding hydrogens is 299 g/mol. The lowest BCUT2D eigenvalue weighted by Gasteiger charge is -2.19. The third-order valence-electron chi connectivity index (χ3n) is 5.45. The number of nitrogens with zero attached hydrogens (tertiary/aromatic N) is 1.